The molecule has 4 nitrogen and oxygen atoms in total. The van der Waals surface area contributed by atoms with Gasteiger partial charge in [-0.2, -0.15) is 0 Å². The SMILES string of the molecule is COc1cc(CC(N)=S)c(OC)cn1. The lowest BCUT2D eigenvalue weighted by atomic mass is 10.2. The fraction of sp³-hybridized carbons (Fsp3) is 0.333. The highest BCUT2D eigenvalue weighted by molar-refractivity contribution is 7.80. The molecule has 5 heteroatoms. The summed E-state index contributed by atoms with van der Waals surface area (Å²) in [6, 6.07) is 1.76. The van der Waals surface area contributed by atoms with E-state index in [0.717, 1.165) is 5.56 Å². The van der Waals surface area contributed by atoms with Crippen LogP contribution in [0.3, 0.4) is 0 Å². The molecule has 0 bridgehead atoms. The summed E-state index contributed by atoms with van der Waals surface area (Å²) in [5, 5.41) is 0. The summed E-state index contributed by atoms with van der Waals surface area (Å²) in [7, 11) is 3.13. The summed E-state index contributed by atoms with van der Waals surface area (Å²) in [6.45, 7) is 0. The molecule has 0 saturated carbocycles. The Hall–Kier alpha value is -1.36. The predicted octanol–water partition coefficient (Wildman–Crippen LogP) is 0.927. The number of methoxy groups -OCH3 is 2. The lowest BCUT2D eigenvalue weighted by Gasteiger charge is -2.08. The highest BCUT2D eigenvalue weighted by Gasteiger charge is 2.06. The lowest BCUT2D eigenvalue weighted by Crippen LogP contribution is -2.12. The zero-order valence-corrected chi connectivity index (χ0v) is 8.93. The zero-order valence-electron chi connectivity index (χ0n) is 8.11. The van der Waals surface area contributed by atoms with Crippen molar-refractivity contribution < 1.29 is 9.47 Å². The van der Waals surface area contributed by atoms with Gasteiger partial charge in [-0.05, 0) is 0 Å². The molecule has 1 aromatic rings. The molecule has 0 spiro atoms. The van der Waals surface area contributed by atoms with E-state index in [1.54, 1.807) is 26.5 Å². The van der Waals surface area contributed by atoms with E-state index in [0.29, 0.717) is 23.0 Å². The van der Waals surface area contributed by atoms with E-state index < -0.39 is 0 Å². The highest BCUT2D eigenvalue weighted by atomic mass is 32.1. The van der Waals surface area contributed by atoms with Gasteiger partial charge in [0.15, 0.2) is 0 Å². The third-order valence-corrected chi connectivity index (χ3v) is 1.86. The minimum Gasteiger partial charge on any atom is -0.495 e. The molecule has 14 heavy (non-hydrogen) atoms. The minimum absolute atomic E-state index is 0.413. The van der Waals surface area contributed by atoms with E-state index in [-0.39, 0.29) is 0 Å². The number of nitrogens with two attached hydrogens (primary N) is 1. The third kappa shape index (κ3) is 2.56. The quantitative estimate of drug-likeness (QED) is 0.752. The summed E-state index contributed by atoms with van der Waals surface area (Å²) in [6.07, 6.45) is 2.07. The van der Waals surface area contributed by atoms with Gasteiger partial charge in [0.05, 0.1) is 25.4 Å². The van der Waals surface area contributed by atoms with Crippen molar-refractivity contribution in [3.05, 3.63) is 17.8 Å². The summed E-state index contributed by atoms with van der Waals surface area (Å²) in [4.78, 5) is 4.42. The number of nitrogens with zero attached hydrogens (tertiary/aromatic N) is 1. The van der Waals surface area contributed by atoms with Crippen molar-refractivity contribution in [1.29, 1.82) is 0 Å². The van der Waals surface area contributed by atoms with Crippen molar-refractivity contribution in [2.75, 3.05) is 14.2 Å². The Morgan fingerprint density at radius 1 is 1.50 bits per heavy atom. The second-order valence-electron chi connectivity index (χ2n) is 2.68. The summed E-state index contributed by atoms with van der Waals surface area (Å²) in [5.74, 6) is 1.19. The van der Waals surface area contributed by atoms with E-state index in [1.165, 1.54) is 0 Å². The maximum atomic E-state index is 5.45. The van der Waals surface area contributed by atoms with E-state index in [1.807, 2.05) is 0 Å². The van der Waals surface area contributed by atoms with Crippen LogP contribution in [-0.2, 0) is 6.42 Å². The molecular formula is C9H12N2O2S. The highest BCUT2D eigenvalue weighted by Crippen LogP contribution is 2.21. The minimum atomic E-state index is 0.413. The van der Waals surface area contributed by atoms with Crippen LogP contribution in [0.1, 0.15) is 5.56 Å². The first-order chi connectivity index (χ1) is 6.67. The first kappa shape index (κ1) is 10.7. The normalized spacial score (nSPS) is 9.57. The maximum Gasteiger partial charge on any atom is 0.213 e. The number of hydrogen-bond acceptors (Lipinski definition) is 4. The molecule has 0 aromatic carbocycles. The van der Waals surface area contributed by atoms with Crippen molar-refractivity contribution in [2.24, 2.45) is 5.73 Å². The number of pyridine rings is 1. The first-order valence-corrected chi connectivity index (χ1v) is 4.43. The average molecular weight is 212 g/mol. The molecule has 0 unspecified atom stereocenters. The zero-order chi connectivity index (χ0) is 10.6. The van der Waals surface area contributed by atoms with E-state index in [2.05, 4.69) is 4.98 Å². The Morgan fingerprint density at radius 2 is 2.21 bits per heavy atom. The molecule has 0 amide bonds. The summed E-state index contributed by atoms with van der Waals surface area (Å²) >= 11 is 4.83. The molecule has 1 aromatic heterocycles. The third-order valence-electron chi connectivity index (χ3n) is 1.72. The summed E-state index contributed by atoms with van der Waals surface area (Å²) < 4.78 is 10.1. The van der Waals surface area contributed by atoms with Crippen LogP contribution < -0.4 is 15.2 Å². The number of thiocarbonyl (C=S) groups is 1. The molecule has 1 rings (SSSR count). The van der Waals surface area contributed by atoms with Crippen molar-refractivity contribution in [1.82, 2.24) is 4.98 Å². The van der Waals surface area contributed by atoms with Gasteiger partial charge in [-0.25, -0.2) is 4.98 Å². The van der Waals surface area contributed by atoms with E-state index in [9.17, 15) is 0 Å². The van der Waals surface area contributed by atoms with Gasteiger partial charge in [-0.1, -0.05) is 12.2 Å². The van der Waals surface area contributed by atoms with Crippen LogP contribution in [0.4, 0.5) is 0 Å². The van der Waals surface area contributed by atoms with Gasteiger partial charge in [0, 0.05) is 18.1 Å². The Labute approximate surface area is 88.0 Å². The number of hydrogen-bond donors (Lipinski definition) is 1. The van der Waals surface area contributed by atoms with Gasteiger partial charge in [0.25, 0.3) is 0 Å². The number of rotatable bonds is 4. The smallest absolute Gasteiger partial charge is 0.213 e. The van der Waals surface area contributed by atoms with E-state index >= 15 is 0 Å². The fourth-order valence-corrected chi connectivity index (χ4v) is 1.24. The molecule has 76 valence electrons. The first-order valence-electron chi connectivity index (χ1n) is 4.02. The Kier molecular flexibility index (Phi) is 3.64. The van der Waals surface area contributed by atoms with Crippen molar-refractivity contribution in [3.63, 3.8) is 0 Å². The van der Waals surface area contributed by atoms with Gasteiger partial charge in [0.2, 0.25) is 5.88 Å². The molecule has 0 radical (unpaired) electrons. The van der Waals surface area contributed by atoms with Gasteiger partial charge < -0.3 is 15.2 Å². The molecule has 0 atom stereocenters. The summed E-state index contributed by atoms with van der Waals surface area (Å²) in [5.41, 5.74) is 6.34. The van der Waals surface area contributed by atoms with Crippen LogP contribution in [0.25, 0.3) is 0 Å². The van der Waals surface area contributed by atoms with Gasteiger partial charge in [-0.15, -0.1) is 0 Å². The molecule has 0 fully saturated rings. The monoisotopic (exact) mass is 212 g/mol. The van der Waals surface area contributed by atoms with Gasteiger partial charge in [-0.3, -0.25) is 0 Å². The fourth-order valence-electron chi connectivity index (χ4n) is 1.08. The van der Waals surface area contributed by atoms with Crippen LogP contribution in [-0.4, -0.2) is 24.2 Å². The molecule has 1 heterocycles. The largest absolute Gasteiger partial charge is 0.495 e. The molecule has 0 aliphatic rings. The molecule has 0 aliphatic heterocycles. The molecular weight excluding hydrogens is 200 g/mol. The van der Waals surface area contributed by atoms with Gasteiger partial charge in [0.1, 0.15) is 5.75 Å². The Balaban J connectivity index is 3.01. The molecule has 0 aliphatic carbocycles. The standard InChI is InChI=1S/C9H12N2O2S/c1-12-7-5-11-9(13-2)4-6(7)3-8(10)14/h4-5H,3H2,1-2H3,(H2,10,14). The van der Waals surface area contributed by atoms with Crippen LogP contribution in [0.15, 0.2) is 12.3 Å². The second-order valence-corrected chi connectivity index (χ2v) is 3.21. The number of ether oxygens (including phenoxy) is 2. The Bertz CT molecular complexity index is 342. The van der Waals surface area contributed by atoms with Crippen molar-refractivity contribution in [2.45, 2.75) is 6.42 Å². The molecule has 2 N–H and O–H groups in total. The molecule has 0 saturated heterocycles. The van der Waals surface area contributed by atoms with E-state index in [4.69, 9.17) is 27.4 Å². The van der Waals surface area contributed by atoms with Gasteiger partial charge >= 0.3 is 0 Å². The van der Waals surface area contributed by atoms with Crippen LogP contribution in [0.2, 0.25) is 0 Å². The van der Waals surface area contributed by atoms with Crippen LogP contribution in [0.5, 0.6) is 11.6 Å². The van der Waals surface area contributed by atoms with Crippen molar-refractivity contribution >= 4 is 17.2 Å². The Morgan fingerprint density at radius 3 is 2.71 bits per heavy atom. The topological polar surface area (TPSA) is 57.4 Å². The average Bonchev–Trinajstić information content (AvgIpc) is 2.16. The van der Waals surface area contributed by atoms with Crippen LogP contribution >= 0.6 is 12.2 Å². The van der Waals surface area contributed by atoms with Crippen LogP contribution in [0, 0.1) is 0 Å². The second kappa shape index (κ2) is 4.76. The number of aromatic nitrogens is 1. The maximum absolute atomic E-state index is 5.45. The lowest BCUT2D eigenvalue weighted by molar-refractivity contribution is 0.385. The predicted molar refractivity (Wildman–Crippen MR) is 57.8 cm³/mol. The van der Waals surface area contributed by atoms with Crippen molar-refractivity contribution in [3.8, 4) is 11.6 Å².